The molecule has 0 spiro atoms. The van der Waals surface area contributed by atoms with Gasteiger partial charge in [-0.1, -0.05) is 6.92 Å². The zero-order valence-corrected chi connectivity index (χ0v) is 9.77. The number of thiocarbonyl (C=S) groups is 1. The molecular formula is C9H18N2S2. The van der Waals surface area contributed by atoms with Crippen LogP contribution in [-0.4, -0.2) is 29.2 Å². The molecule has 1 unspecified atom stereocenters. The molecule has 0 aromatic carbocycles. The van der Waals surface area contributed by atoms with Gasteiger partial charge < -0.3 is 10.6 Å². The number of rotatable bonds is 3. The van der Waals surface area contributed by atoms with E-state index >= 15 is 0 Å². The van der Waals surface area contributed by atoms with Gasteiger partial charge in [-0.25, -0.2) is 0 Å². The highest BCUT2D eigenvalue weighted by molar-refractivity contribution is 7.99. The molecule has 2 N–H and O–H groups in total. The van der Waals surface area contributed by atoms with Crippen molar-refractivity contribution >= 4 is 29.1 Å². The van der Waals surface area contributed by atoms with Crippen molar-refractivity contribution in [3.8, 4) is 0 Å². The molecule has 76 valence electrons. The van der Waals surface area contributed by atoms with Crippen molar-refractivity contribution in [2.45, 2.75) is 32.2 Å². The summed E-state index contributed by atoms with van der Waals surface area (Å²) >= 11 is 7.19. The Morgan fingerprint density at radius 3 is 3.08 bits per heavy atom. The van der Waals surface area contributed by atoms with Gasteiger partial charge in [-0.15, -0.1) is 0 Å². The Balaban J connectivity index is 2.11. The Hall–Kier alpha value is 0.0400. The summed E-state index contributed by atoms with van der Waals surface area (Å²) in [5.74, 6) is 2.52. The predicted octanol–water partition coefficient (Wildman–Crippen LogP) is 1.76. The minimum atomic E-state index is 0.593. The van der Waals surface area contributed by atoms with Crippen LogP contribution in [-0.2, 0) is 0 Å². The van der Waals surface area contributed by atoms with Crippen LogP contribution in [0.1, 0.15) is 26.2 Å². The molecule has 0 amide bonds. The molecule has 4 heteroatoms. The molecule has 0 radical (unpaired) electrons. The van der Waals surface area contributed by atoms with Crippen molar-refractivity contribution in [3.63, 3.8) is 0 Å². The highest BCUT2D eigenvalue weighted by Crippen LogP contribution is 2.16. The molecule has 0 saturated carbocycles. The molecule has 1 heterocycles. The summed E-state index contributed by atoms with van der Waals surface area (Å²) in [7, 11) is 0. The van der Waals surface area contributed by atoms with Gasteiger partial charge in [-0.3, -0.25) is 0 Å². The number of nitrogens with one attached hydrogen (secondary N) is 2. The van der Waals surface area contributed by atoms with Gasteiger partial charge in [0.2, 0.25) is 0 Å². The van der Waals surface area contributed by atoms with Gasteiger partial charge in [0.05, 0.1) is 0 Å². The molecule has 1 aliphatic heterocycles. The Morgan fingerprint density at radius 1 is 1.62 bits per heavy atom. The van der Waals surface area contributed by atoms with Gasteiger partial charge in [-0.2, -0.15) is 11.8 Å². The number of thioether (sulfide) groups is 1. The second-order valence-electron chi connectivity index (χ2n) is 3.31. The maximum atomic E-state index is 5.17. The molecule has 13 heavy (non-hydrogen) atoms. The second kappa shape index (κ2) is 6.49. The second-order valence-corrected chi connectivity index (χ2v) is 4.87. The fourth-order valence-electron chi connectivity index (χ4n) is 1.33. The van der Waals surface area contributed by atoms with E-state index in [1.165, 1.54) is 24.3 Å². The van der Waals surface area contributed by atoms with Gasteiger partial charge in [0.25, 0.3) is 0 Å². The molecule has 1 saturated heterocycles. The van der Waals surface area contributed by atoms with Gasteiger partial charge in [0.15, 0.2) is 5.11 Å². The molecule has 2 nitrogen and oxygen atoms in total. The van der Waals surface area contributed by atoms with Crippen molar-refractivity contribution in [2.75, 3.05) is 18.1 Å². The van der Waals surface area contributed by atoms with Crippen molar-refractivity contribution in [1.29, 1.82) is 0 Å². The molecule has 0 aromatic rings. The third-order valence-electron chi connectivity index (χ3n) is 2.03. The number of hydrogen-bond donors (Lipinski definition) is 2. The molecule has 0 bridgehead atoms. The van der Waals surface area contributed by atoms with E-state index in [1.807, 2.05) is 11.8 Å². The fraction of sp³-hybridized carbons (Fsp3) is 0.889. The SMILES string of the molecule is CCCNC(=S)NC1CCCSC1. The lowest BCUT2D eigenvalue weighted by molar-refractivity contribution is 0.587. The van der Waals surface area contributed by atoms with E-state index in [0.717, 1.165) is 18.1 Å². The third-order valence-corrected chi connectivity index (χ3v) is 3.51. The normalized spacial score (nSPS) is 22.4. The Labute approximate surface area is 90.2 Å². The van der Waals surface area contributed by atoms with Crippen LogP contribution in [0.4, 0.5) is 0 Å². The van der Waals surface area contributed by atoms with E-state index in [9.17, 15) is 0 Å². The summed E-state index contributed by atoms with van der Waals surface area (Å²) in [5, 5.41) is 7.37. The lowest BCUT2D eigenvalue weighted by Crippen LogP contribution is -2.44. The zero-order chi connectivity index (χ0) is 9.52. The largest absolute Gasteiger partial charge is 0.363 e. The average Bonchev–Trinajstić information content (AvgIpc) is 2.16. The first-order chi connectivity index (χ1) is 6.33. The standard InChI is InChI=1S/C9H18N2S2/c1-2-5-10-9(12)11-8-4-3-6-13-7-8/h8H,2-7H2,1H3,(H2,10,11,12). The Kier molecular flexibility index (Phi) is 5.55. The molecular weight excluding hydrogens is 200 g/mol. The summed E-state index contributed by atoms with van der Waals surface area (Å²) in [6.45, 7) is 3.12. The minimum Gasteiger partial charge on any atom is -0.363 e. The minimum absolute atomic E-state index is 0.593. The lowest BCUT2D eigenvalue weighted by Gasteiger charge is -2.23. The maximum Gasteiger partial charge on any atom is 0.166 e. The average molecular weight is 218 g/mol. The van der Waals surface area contributed by atoms with E-state index in [1.54, 1.807) is 0 Å². The maximum absolute atomic E-state index is 5.17. The molecule has 0 aliphatic carbocycles. The monoisotopic (exact) mass is 218 g/mol. The quantitative estimate of drug-likeness (QED) is 0.705. The lowest BCUT2D eigenvalue weighted by atomic mass is 10.2. The Morgan fingerprint density at radius 2 is 2.46 bits per heavy atom. The first kappa shape index (κ1) is 11.1. The topological polar surface area (TPSA) is 24.1 Å². The van der Waals surface area contributed by atoms with Crippen LogP contribution in [0.5, 0.6) is 0 Å². The first-order valence-corrected chi connectivity index (χ1v) is 6.51. The molecule has 0 aromatic heterocycles. The van der Waals surface area contributed by atoms with Crippen LogP contribution in [0, 0.1) is 0 Å². The predicted molar refractivity (Wildman–Crippen MR) is 64.4 cm³/mol. The summed E-state index contributed by atoms with van der Waals surface area (Å²) in [6, 6.07) is 0.593. The van der Waals surface area contributed by atoms with Gasteiger partial charge in [0.1, 0.15) is 0 Å². The van der Waals surface area contributed by atoms with Crippen molar-refractivity contribution in [2.24, 2.45) is 0 Å². The van der Waals surface area contributed by atoms with E-state index in [-0.39, 0.29) is 0 Å². The van der Waals surface area contributed by atoms with E-state index in [4.69, 9.17) is 12.2 Å². The van der Waals surface area contributed by atoms with E-state index in [0.29, 0.717) is 6.04 Å². The first-order valence-electron chi connectivity index (χ1n) is 4.95. The smallest absolute Gasteiger partial charge is 0.166 e. The van der Waals surface area contributed by atoms with E-state index < -0.39 is 0 Å². The van der Waals surface area contributed by atoms with Crippen molar-refractivity contribution in [3.05, 3.63) is 0 Å². The molecule has 1 atom stereocenters. The van der Waals surface area contributed by atoms with Crippen LogP contribution in [0.15, 0.2) is 0 Å². The van der Waals surface area contributed by atoms with Crippen LogP contribution in [0.25, 0.3) is 0 Å². The zero-order valence-electron chi connectivity index (χ0n) is 8.14. The van der Waals surface area contributed by atoms with Crippen LogP contribution < -0.4 is 10.6 Å². The Bertz CT molecular complexity index is 156. The summed E-state index contributed by atoms with van der Waals surface area (Å²) in [4.78, 5) is 0. The van der Waals surface area contributed by atoms with Crippen molar-refractivity contribution in [1.82, 2.24) is 10.6 Å². The molecule has 1 aliphatic rings. The van der Waals surface area contributed by atoms with Crippen LogP contribution in [0.2, 0.25) is 0 Å². The number of hydrogen-bond acceptors (Lipinski definition) is 2. The van der Waals surface area contributed by atoms with Crippen LogP contribution >= 0.6 is 24.0 Å². The van der Waals surface area contributed by atoms with Gasteiger partial charge in [-0.05, 0) is 37.2 Å². The molecule has 1 rings (SSSR count). The highest BCUT2D eigenvalue weighted by Gasteiger charge is 2.13. The summed E-state index contributed by atoms with van der Waals surface area (Å²) < 4.78 is 0. The van der Waals surface area contributed by atoms with Crippen molar-refractivity contribution < 1.29 is 0 Å². The summed E-state index contributed by atoms with van der Waals surface area (Å²) in [6.07, 6.45) is 3.71. The third kappa shape index (κ3) is 4.72. The van der Waals surface area contributed by atoms with Crippen LogP contribution in [0.3, 0.4) is 0 Å². The van der Waals surface area contributed by atoms with E-state index in [2.05, 4.69) is 17.6 Å². The molecule has 1 fully saturated rings. The fourth-order valence-corrected chi connectivity index (χ4v) is 2.67. The highest BCUT2D eigenvalue weighted by atomic mass is 32.2. The van der Waals surface area contributed by atoms with Gasteiger partial charge in [0, 0.05) is 18.3 Å². The van der Waals surface area contributed by atoms with Gasteiger partial charge >= 0.3 is 0 Å². The summed E-state index contributed by atoms with van der Waals surface area (Å²) in [5.41, 5.74) is 0.